The first kappa shape index (κ1) is 19.3. The maximum Gasteiger partial charge on any atom is 0.326 e. The van der Waals surface area contributed by atoms with Crippen LogP contribution in [0, 0.1) is 10.1 Å². The van der Waals surface area contributed by atoms with E-state index >= 15 is 0 Å². The van der Waals surface area contributed by atoms with Gasteiger partial charge < -0.3 is 10.4 Å². The van der Waals surface area contributed by atoms with Crippen molar-refractivity contribution in [1.29, 1.82) is 0 Å². The lowest BCUT2D eigenvalue weighted by molar-refractivity contribution is -0.384. The molecule has 2 aromatic carbocycles. The number of nitro benzene ring substituents is 1. The number of carbonyl (C=O) groups is 2. The Morgan fingerprint density at radius 2 is 1.96 bits per heavy atom. The number of carboxylic acids is 1. The molecule has 0 fully saturated rings. The van der Waals surface area contributed by atoms with E-state index in [1.165, 1.54) is 30.3 Å². The van der Waals surface area contributed by atoms with Gasteiger partial charge in [-0.15, -0.1) is 0 Å². The van der Waals surface area contributed by atoms with Gasteiger partial charge in [0.05, 0.1) is 10.7 Å². The molecule has 2 rings (SSSR count). The number of nitrogens with one attached hydrogen (secondary N) is 1. The molecule has 0 saturated heterocycles. The highest BCUT2D eigenvalue weighted by atomic mass is 32.2. The van der Waals surface area contributed by atoms with Gasteiger partial charge in [-0.2, -0.15) is 0 Å². The summed E-state index contributed by atoms with van der Waals surface area (Å²) >= 11 is 0. The number of hydrogen-bond acceptors (Lipinski definition) is 6. The molecule has 0 radical (unpaired) electrons. The molecule has 2 aromatic rings. The molecule has 0 bridgehead atoms. The summed E-state index contributed by atoms with van der Waals surface area (Å²) in [4.78, 5) is 34.0. The first-order valence-corrected chi connectivity index (χ1v) is 9.53. The summed E-state index contributed by atoms with van der Waals surface area (Å²) in [5.74, 6) is -2.44. The summed E-state index contributed by atoms with van der Waals surface area (Å²) in [6, 6.07) is 7.17. The number of nitro groups is 1. The summed E-state index contributed by atoms with van der Waals surface area (Å²) in [6.45, 7) is 0. The van der Waals surface area contributed by atoms with Gasteiger partial charge in [0.2, 0.25) is 0 Å². The van der Waals surface area contributed by atoms with Crippen molar-refractivity contribution in [2.24, 2.45) is 0 Å². The van der Waals surface area contributed by atoms with Gasteiger partial charge in [0, 0.05) is 24.0 Å². The van der Waals surface area contributed by atoms with Crippen molar-refractivity contribution in [2.45, 2.75) is 12.5 Å². The molecule has 0 heterocycles. The molecule has 0 aliphatic carbocycles. The Kier molecular flexibility index (Phi) is 5.56. The van der Waals surface area contributed by atoms with E-state index in [9.17, 15) is 33.2 Å². The second kappa shape index (κ2) is 7.48. The Labute approximate surface area is 148 Å². The fraction of sp³-hybridized carbons (Fsp3) is 0.250. The van der Waals surface area contributed by atoms with E-state index < -0.39 is 32.7 Å². The van der Waals surface area contributed by atoms with Crippen LogP contribution in [0.15, 0.2) is 36.4 Å². The van der Waals surface area contributed by atoms with Crippen LogP contribution >= 0.6 is 0 Å². The zero-order chi connectivity index (χ0) is 19.5. The van der Waals surface area contributed by atoms with Crippen molar-refractivity contribution in [3.8, 4) is 0 Å². The van der Waals surface area contributed by atoms with Crippen molar-refractivity contribution < 1.29 is 28.0 Å². The van der Waals surface area contributed by atoms with E-state index in [-0.39, 0.29) is 23.4 Å². The molecule has 9 nitrogen and oxygen atoms in total. The molecule has 0 aromatic heterocycles. The van der Waals surface area contributed by atoms with Crippen LogP contribution < -0.4 is 5.32 Å². The highest BCUT2D eigenvalue weighted by Crippen LogP contribution is 2.24. The summed E-state index contributed by atoms with van der Waals surface area (Å²) < 4.78 is 22.4. The molecule has 1 amide bonds. The zero-order valence-corrected chi connectivity index (χ0v) is 14.5. The van der Waals surface area contributed by atoms with Gasteiger partial charge in [0.1, 0.15) is 15.9 Å². The SMILES string of the molecule is CS(=O)(=O)CC[C@H](NC(=O)c1cccc2cc([N+](=O)[O-])ccc12)C(=O)O. The van der Waals surface area contributed by atoms with E-state index in [2.05, 4.69) is 5.32 Å². The standard InChI is InChI=1S/C16H16N2O7S/c1-26(24,25)8-7-14(16(20)21)17-15(19)13-4-2-3-10-9-11(18(22)23)5-6-12(10)13/h2-6,9,14H,7-8H2,1H3,(H,17,19)(H,20,21)/t14-/m0/s1. The molecule has 0 unspecified atom stereocenters. The Bertz CT molecular complexity index is 985. The first-order valence-electron chi connectivity index (χ1n) is 7.47. The largest absolute Gasteiger partial charge is 0.480 e. The molecule has 0 aliphatic heterocycles. The number of sulfone groups is 1. The Morgan fingerprint density at radius 1 is 1.27 bits per heavy atom. The van der Waals surface area contributed by atoms with Crippen molar-refractivity contribution in [3.05, 3.63) is 52.1 Å². The van der Waals surface area contributed by atoms with Crippen LogP contribution in [-0.2, 0) is 14.6 Å². The lowest BCUT2D eigenvalue weighted by Gasteiger charge is -2.15. The average Bonchev–Trinajstić information content (AvgIpc) is 2.56. The Balaban J connectivity index is 2.30. The number of hydrogen-bond donors (Lipinski definition) is 2. The van der Waals surface area contributed by atoms with Crippen molar-refractivity contribution in [1.82, 2.24) is 5.32 Å². The number of fused-ring (bicyclic) bond motifs is 1. The van der Waals surface area contributed by atoms with Crippen LogP contribution in [-0.4, -0.2) is 48.4 Å². The summed E-state index contributed by atoms with van der Waals surface area (Å²) in [5, 5.41) is 23.2. The van der Waals surface area contributed by atoms with Gasteiger partial charge in [-0.25, -0.2) is 13.2 Å². The Hall–Kier alpha value is -3.01. The number of nitrogens with zero attached hydrogens (tertiary/aromatic N) is 1. The van der Waals surface area contributed by atoms with Gasteiger partial charge in [0.25, 0.3) is 11.6 Å². The van der Waals surface area contributed by atoms with Gasteiger partial charge in [-0.3, -0.25) is 14.9 Å². The number of benzene rings is 2. The van der Waals surface area contributed by atoms with Crippen LogP contribution in [0.5, 0.6) is 0 Å². The third-order valence-corrected chi connectivity index (χ3v) is 4.68. The Morgan fingerprint density at radius 3 is 2.54 bits per heavy atom. The first-order chi connectivity index (χ1) is 12.1. The maximum absolute atomic E-state index is 12.5. The fourth-order valence-electron chi connectivity index (χ4n) is 2.41. The molecular formula is C16H16N2O7S. The quantitative estimate of drug-likeness (QED) is 0.545. The molecule has 26 heavy (non-hydrogen) atoms. The second-order valence-corrected chi connectivity index (χ2v) is 8.01. The van der Waals surface area contributed by atoms with E-state index in [1.807, 2.05) is 0 Å². The molecule has 138 valence electrons. The topological polar surface area (TPSA) is 144 Å². The average molecular weight is 380 g/mol. The van der Waals surface area contributed by atoms with E-state index in [0.717, 1.165) is 6.26 Å². The molecule has 0 aliphatic rings. The summed E-state index contributed by atoms with van der Waals surface area (Å²) in [7, 11) is -3.38. The van der Waals surface area contributed by atoms with Gasteiger partial charge in [-0.1, -0.05) is 12.1 Å². The lowest BCUT2D eigenvalue weighted by atomic mass is 10.0. The maximum atomic E-state index is 12.5. The highest BCUT2D eigenvalue weighted by Gasteiger charge is 2.23. The molecule has 0 spiro atoms. The van der Waals surface area contributed by atoms with E-state index in [0.29, 0.717) is 10.8 Å². The number of aliphatic carboxylic acids is 1. The summed E-state index contributed by atoms with van der Waals surface area (Å²) in [6.07, 6.45) is 0.710. The fourth-order valence-corrected chi connectivity index (χ4v) is 3.07. The predicted molar refractivity (Wildman–Crippen MR) is 93.8 cm³/mol. The van der Waals surface area contributed by atoms with Gasteiger partial charge in [0.15, 0.2) is 0 Å². The van der Waals surface area contributed by atoms with E-state index in [4.69, 9.17) is 0 Å². The lowest BCUT2D eigenvalue weighted by Crippen LogP contribution is -2.42. The second-order valence-electron chi connectivity index (χ2n) is 5.75. The van der Waals surface area contributed by atoms with Crippen LogP contribution in [0.4, 0.5) is 5.69 Å². The number of carbonyl (C=O) groups excluding carboxylic acids is 1. The number of non-ortho nitro benzene ring substituents is 1. The monoisotopic (exact) mass is 380 g/mol. The minimum absolute atomic E-state index is 0.133. The zero-order valence-electron chi connectivity index (χ0n) is 13.7. The molecule has 1 atom stereocenters. The predicted octanol–water partition coefficient (Wildman–Crippen LogP) is 1.37. The normalized spacial score (nSPS) is 12.5. The minimum Gasteiger partial charge on any atom is -0.480 e. The van der Waals surface area contributed by atoms with Crippen molar-refractivity contribution in [2.75, 3.05) is 12.0 Å². The van der Waals surface area contributed by atoms with Crippen LogP contribution in [0.3, 0.4) is 0 Å². The molecule has 10 heteroatoms. The number of carboxylic acid groups (broad SMARTS) is 1. The van der Waals surface area contributed by atoms with Crippen LogP contribution in [0.1, 0.15) is 16.8 Å². The van der Waals surface area contributed by atoms with Crippen LogP contribution in [0.2, 0.25) is 0 Å². The smallest absolute Gasteiger partial charge is 0.326 e. The number of amides is 1. The number of rotatable bonds is 7. The summed E-state index contributed by atoms with van der Waals surface area (Å²) in [5.41, 5.74) is 0.00891. The molecule has 2 N–H and O–H groups in total. The van der Waals surface area contributed by atoms with Gasteiger partial charge in [-0.05, 0) is 29.3 Å². The van der Waals surface area contributed by atoms with Crippen LogP contribution in [0.25, 0.3) is 10.8 Å². The van der Waals surface area contributed by atoms with Crippen molar-refractivity contribution in [3.63, 3.8) is 0 Å². The molecule has 0 saturated carbocycles. The van der Waals surface area contributed by atoms with Crippen molar-refractivity contribution >= 4 is 38.2 Å². The molecular weight excluding hydrogens is 364 g/mol. The third-order valence-electron chi connectivity index (χ3n) is 3.70. The third kappa shape index (κ3) is 4.76. The van der Waals surface area contributed by atoms with Gasteiger partial charge >= 0.3 is 5.97 Å². The minimum atomic E-state index is -3.38. The highest BCUT2D eigenvalue weighted by molar-refractivity contribution is 7.90. The van der Waals surface area contributed by atoms with E-state index in [1.54, 1.807) is 6.07 Å².